The first-order chi connectivity index (χ1) is 18.2. The van der Waals surface area contributed by atoms with Crippen LogP contribution < -0.4 is 10.9 Å². The zero-order valence-electron chi connectivity index (χ0n) is 21.3. The fourth-order valence-corrected chi connectivity index (χ4v) is 7.07. The summed E-state index contributed by atoms with van der Waals surface area (Å²) in [6.07, 6.45) is 3.66. The molecule has 1 saturated carbocycles. The number of aromatic hydroxyl groups is 1. The van der Waals surface area contributed by atoms with Crippen LogP contribution in [0, 0.1) is 0 Å². The van der Waals surface area contributed by atoms with E-state index in [0.29, 0.717) is 44.3 Å². The predicted octanol–water partition coefficient (Wildman–Crippen LogP) is 2.31. The Morgan fingerprint density at radius 3 is 2.68 bits per heavy atom. The molecule has 2 aromatic carbocycles. The van der Waals surface area contributed by atoms with Crippen molar-refractivity contribution in [3.63, 3.8) is 0 Å². The fourth-order valence-electron chi connectivity index (χ4n) is 7.07. The highest BCUT2D eigenvalue weighted by molar-refractivity contribution is 5.98. The molecule has 196 valence electrons. The number of nitrogens with zero attached hydrogens (tertiary/aromatic N) is 1. The second kappa shape index (κ2) is 8.92. The number of carbonyl (C=O) groups is 2. The number of Topliss-reactive ketones (excluding diaryl/α,β-unsaturated/α-hetero) is 1. The summed E-state index contributed by atoms with van der Waals surface area (Å²) in [7, 11) is 1.95. The molecule has 2 aliphatic carbocycles. The molecule has 8 heteroatoms. The van der Waals surface area contributed by atoms with E-state index in [9.17, 15) is 24.6 Å². The number of amides is 1. The van der Waals surface area contributed by atoms with E-state index in [0.717, 1.165) is 22.3 Å². The van der Waals surface area contributed by atoms with Crippen LogP contribution >= 0.6 is 0 Å². The van der Waals surface area contributed by atoms with Gasteiger partial charge in [0.15, 0.2) is 0 Å². The first-order valence-corrected chi connectivity index (χ1v) is 13.1. The number of hydrogen-bond donors (Lipinski definition) is 4. The number of nitrogens with one attached hydrogen (secondary N) is 2. The maximum Gasteiger partial charge on any atom is 0.255 e. The van der Waals surface area contributed by atoms with Crippen LogP contribution in [-0.2, 0) is 23.1 Å². The first-order valence-electron chi connectivity index (χ1n) is 13.1. The molecule has 3 aromatic rings. The molecule has 4 N–H and O–H groups in total. The first kappa shape index (κ1) is 24.6. The van der Waals surface area contributed by atoms with Crippen LogP contribution in [0.1, 0.15) is 46.3 Å². The van der Waals surface area contributed by atoms with E-state index in [4.69, 9.17) is 0 Å². The van der Waals surface area contributed by atoms with Gasteiger partial charge in [-0.15, -0.1) is 0 Å². The van der Waals surface area contributed by atoms with Gasteiger partial charge < -0.3 is 20.5 Å². The highest BCUT2D eigenvalue weighted by atomic mass is 16.3. The topological polar surface area (TPSA) is 123 Å². The van der Waals surface area contributed by atoms with Crippen LogP contribution in [0.4, 0.5) is 0 Å². The number of rotatable bonds is 5. The Kier molecular flexibility index (Phi) is 5.77. The number of phenols is 1. The maximum atomic E-state index is 13.1. The van der Waals surface area contributed by atoms with Gasteiger partial charge in [0.05, 0.1) is 11.2 Å². The predicted molar refractivity (Wildman–Crippen MR) is 142 cm³/mol. The van der Waals surface area contributed by atoms with Crippen molar-refractivity contribution in [2.45, 2.75) is 49.2 Å². The maximum absolute atomic E-state index is 13.1. The lowest BCUT2D eigenvalue weighted by Crippen LogP contribution is -2.61. The number of pyridine rings is 1. The third-order valence-electron chi connectivity index (χ3n) is 8.88. The fraction of sp³-hybridized carbons (Fsp3) is 0.367. The van der Waals surface area contributed by atoms with Gasteiger partial charge in [-0.05, 0) is 60.7 Å². The number of likely N-dealkylation sites (tertiary alicyclic amines) is 1. The van der Waals surface area contributed by atoms with Gasteiger partial charge in [-0.1, -0.05) is 30.3 Å². The summed E-state index contributed by atoms with van der Waals surface area (Å²) in [5.74, 6) is -0.430. The van der Waals surface area contributed by atoms with Crippen LogP contribution in [0.3, 0.4) is 0 Å². The lowest BCUT2D eigenvalue weighted by Gasteiger charge is -2.51. The van der Waals surface area contributed by atoms with E-state index in [1.54, 1.807) is 18.3 Å². The molecular formula is C30H31N3O5. The molecule has 1 saturated heterocycles. The lowest BCUT2D eigenvalue weighted by atomic mass is 9.54. The Morgan fingerprint density at radius 1 is 1.13 bits per heavy atom. The van der Waals surface area contributed by atoms with Crippen LogP contribution in [0.2, 0.25) is 0 Å². The largest absolute Gasteiger partial charge is 0.507 e. The zero-order valence-corrected chi connectivity index (χ0v) is 21.3. The van der Waals surface area contributed by atoms with Gasteiger partial charge in [-0.2, -0.15) is 0 Å². The number of hydrogen-bond acceptors (Lipinski definition) is 6. The minimum atomic E-state index is -1.10. The molecule has 1 aromatic heterocycles. The molecule has 0 spiro atoms. The normalized spacial score (nSPS) is 26.1. The quantitative estimate of drug-likeness (QED) is 0.415. The SMILES string of the molecule is CN1CC23CC(=O)CC[C@@]2(O)[C@H]1Cc1ccc(C(=O)NCCc2ccc(-c4cc[nH]c(=O)c4)cc2)c(O)c13. The summed E-state index contributed by atoms with van der Waals surface area (Å²) in [6, 6.07) is 14.6. The van der Waals surface area contributed by atoms with Crippen LogP contribution in [-0.4, -0.2) is 63.6 Å². The number of ketones is 1. The van der Waals surface area contributed by atoms with Gasteiger partial charge in [0.1, 0.15) is 11.5 Å². The molecule has 1 unspecified atom stereocenters. The van der Waals surface area contributed by atoms with E-state index >= 15 is 0 Å². The van der Waals surface area contributed by atoms with Crippen molar-refractivity contribution in [3.05, 3.63) is 87.3 Å². The molecular weight excluding hydrogens is 482 g/mol. The summed E-state index contributed by atoms with van der Waals surface area (Å²) in [6.45, 7) is 0.844. The van der Waals surface area contributed by atoms with Gasteiger partial charge in [0.2, 0.25) is 5.56 Å². The molecule has 3 aliphatic rings. The number of aliphatic hydroxyl groups is 1. The van der Waals surface area contributed by atoms with Crippen molar-refractivity contribution < 1.29 is 19.8 Å². The van der Waals surface area contributed by atoms with Crippen molar-refractivity contribution in [1.29, 1.82) is 0 Å². The molecule has 2 fully saturated rings. The van der Waals surface area contributed by atoms with Gasteiger partial charge >= 0.3 is 0 Å². The zero-order chi connectivity index (χ0) is 26.7. The number of H-pyrrole nitrogens is 1. The van der Waals surface area contributed by atoms with E-state index in [2.05, 4.69) is 15.2 Å². The Bertz CT molecular complexity index is 1500. The van der Waals surface area contributed by atoms with Crippen LogP contribution in [0.5, 0.6) is 5.75 Å². The second-order valence-corrected chi connectivity index (χ2v) is 11.0. The third-order valence-corrected chi connectivity index (χ3v) is 8.88. The monoisotopic (exact) mass is 513 g/mol. The smallest absolute Gasteiger partial charge is 0.255 e. The Morgan fingerprint density at radius 2 is 1.92 bits per heavy atom. The minimum Gasteiger partial charge on any atom is -0.507 e. The number of benzene rings is 2. The molecule has 0 radical (unpaired) electrons. The lowest BCUT2D eigenvalue weighted by molar-refractivity contribution is -0.133. The number of phenolic OH excluding ortho intramolecular Hbond substituents is 1. The van der Waals surface area contributed by atoms with Gasteiger partial charge in [-0.3, -0.25) is 19.3 Å². The third kappa shape index (κ3) is 3.70. The summed E-state index contributed by atoms with van der Waals surface area (Å²) < 4.78 is 0. The average molecular weight is 514 g/mol. The number of likely N-dealkylation sites (N-methyl/N-ethyl adjacent to an activating group) is 1. The molecule has 2 bridgehead atoms. The Hall–Kier alpha value is -3.75. The van der Waals surface area contributed by atoms with Gasteiger partial charge in [0, 0.05) is 55.2 Å². The molecule has 3 atom stereocenters. The summed E-state index contributed by atoms with van der Waals surface area (Å²) >= 11 is 0. The number of carbonyl (C=O) groups excluding carboxylic acids is 2. The van der Waals surface area contributed by atoms with E-state index in [1.165, 1.54) is 0 Å². The van der Waals surface area contributed by atoms with Gasteiger partial charge in [0.25, 0.3) is 5.91 Å². The van der Waals surface area contributed by atoms with Gasteiger partial charge in [-0.25, -0.2) is 0 Å². The van der Waals surface area contributed by atoms with Crippen molar-refractivity contribution >= 4 is 11.7 Å². The standard InChI is InChI=1S/C30H31N3O5/c1-33-17-29-16-22(34)8-11-30(29,38)24(33)14-21-6-7-23(27(36)26(21)29)28(37)32-12-9-18-2-4-19(5-3-18)20-10-13-31-25(35)15-20/h2-7,10,13,15,24,36,38H,8-9,11-12,14,16-17H2,1H3,(H,31,35)(H,32,37)/t24-,29?,30-/m1/s1. The number of aromatic amines is 1. The molecule has 38 heavy (non-hydrogen) atoms. The van der Waals surface area contributed by atoms with Crippen LogP contribution in [0.25, 0.3) is 11.1 Å². The molecule has 8 nitrogen and oxygen atoms in total. The van der Waals surface area contributed by atoms with E-state index in [1.807, 2.05) is 43.4 Å². The van der Waals surface area contributed by atoms with Crippen LogP contribution in [0.15, 0.2) is 59.5 Å². The minimum absolute atomic E-state index is 0.0795. The van der Waals surface area contributed by atoms with E-state index < -0.39 is 11.0 Å². The number of aromatic nitrogens is 1. The summed E-state index contributed by atoms with van der Waals surface area (Å²) in [4.78, 5) is 42.0. The highest BCUT2D eigenvalue weighted by Crippen LogP contribution is 2.59. The number of fused-ring (bicyclic) bond motifs is 1. The van der Waals surface area contributed by atoms with Crippen molar-refractivity contribution in [2.24, 2.45) is 0 Å². The Balaban J connectivity index is 1.19. The Labute approximate surface area is 220 Å². The second-order valence-electron chi connectivity index (χ2n) is 11.0. The van der Waals surface area contributed by atoms with Crippen molar-refractivity contribution in [2.75, 3.05) is 20.1 Å². The highest BCUT2D eigenvalue weighted by Gasteiger charge is 2.68. The van der Waals surface area contributed by atoms with E-state index in [-0.39, 0.29) is 41.0 Å². The van der Waals surface area contributed by atoms with Crippen molar-refractivity contribution in [1.82, 2.24) is 15.2 Å². The average Bonchev–Trinajstić information content (AvgIpc) is 3.01. The molecule has 6 rings (SSSR count). The molecule has 2 heterocycles. The summed E-state index contributed by atoms with van der Waals surface area (Å²) in [5, 5.41) is 26.1. The molecule has 1 amide bonds. The molecule has 1 aliphatic heterocycles. The van der Waals surface area contributed by atoms with Crippen molar-refractivity contribution in [3.8, 4) is 16.9 Å². The summed E-state index contributed by atoms with van der Waals surface area (Å²) in [5.41, 5.74) is 2.26.